The van der Waals surface area contributed by atoms with Crippen LogP contribution in [0.15, 0.2) is 12.4 Å². The van der Waals surface area contributed by atoms with Crippen LogP contribution >= 0.6 is 0 Å². The summed E-state index contributed by atoms with van der Waals surface area (Å²) in [4.78, 5) is 22.2. The molecule has 2 N–H and O–H groups in total. The Hall–Kier alpha value is -1.69. The maximum atomic E-state index is 12.2. The molecule has 1 atom stereocenters. The van der Waals surface area contributed by atoms with E-state index in [4.69, 9.17) is 5.11 Å². The van der Waals surface area contributed by atoms with E-state index in [1.807, 2.05) is 0 Å². The number of aromatic nitrogens is 2. The molecule has 1 fully saturated rings. The van der Waals surface area contributed by atoms with Gasteiger partial charge in [-0.3, -0.25) is 9.78 Å². The van der Waals surface area contributed by atoms with E-state index in [0.717, 1.165) is 19.4 Å². The van der Waals surface area contributed by atoms with E-state index in [0.29, 0.717) is 24.0 Å². The van der Waals surface area contributed by atoms with E-state index in [2.05, 4.69) is 15.3 Å². The molecule has 6 nitrogen and oxygen atoms in total. The molecule has 18 heavy (non-hydrogen) atoms. The first kappa shape index (κ1) is 12.8. The standard InChI is InChI=1S/C12H18N4O2/c1-13-11-7-14-6-10(15-11)12(18)16-4-2-9(8-16)3-5-17/h6-7,9,17H,2-5,8H2,1H3,(H,13,15). The summed E-state index contributed by atoms with van der Waals surface area (Å²) in [5.41, 5.74) is 0.367. The third kappa shape index (κ3) is 2.76. The molecule has 0 spiro atoms. The maximum absolute atomic E-state index is 12.2. The summed E-state index contributed by atoms with van der Waals surface area (Å²) in [5, 5.41) is 11.8. The normalized spacial score (nSPS) is 19.0. The Bertz CT molecular complexity index is 424. The van der Waals surface area contributed by atoms with E-state index in [1.54, 1.807) is 18.1 Å². The van der Waals surface area contributed by atoms with Crippen molar-refractivity contribution in [2.75, 3.05) is 32.1 Å². The Balaban J connectivity index is 2.03. The molecule has 1 amide bonds. The van der Waals surface area contributed by atoms with Crippen molar-refractivity contribution in [1.29, 1.82) is 0 Å². The second kappa shape index (κ2) is 5.77. The van der Waals surface area contributed by atoms with Crippen molar-refractivity contribution >= 4 is 11.7 Å². The molecule has 2 rings (SSSR count). The van der Waals surface area contributed by atoms with Gasteiger partial charge >= 0.3 is 0 Å². The fourth-order valence-corrected chi connectivity index (χ4v) is 2.19. The lowest BCUT2D eigenvalue weighted by Crippen LogP contribution is -2.29. The van der Waals surface area contributed by atoms with Crippen LogP contribution in [0.4, 0.5) is 5.82 Å². The number of carbonyl (C=O) groups is 1. The topological polar surface area (TPSA) is 78.4 Å². The number of amides is 1. The molecule has 0 aromatic carbocycles. The van der Waals surface area contributed by atoms with Crippen LogP contribution in [0.2, 0.25) is 0 Å². The second-order valence-electron chi connectivity index (χ2n) is 4.46. The fourth-order valence-electron chi connectivity index (χ4n) is 2.19. The van der Waals surface area contributed by atoms with Gasteiger partial charge in [-0.15, -0.1) is 0 Å². The first-order chi connectivity index (χ1) is 8.74. The van der Waals surface area contributed by atoms with Gasteiger partial charge in [-0.05, 0) is 18.8 Å². The third-order valence-electron chi connectivity index (χ3n) is 3.22. The van der Waals surface area contributed by atoms with E-state index >= 15 is 0 Å². The highest BCUT2D eigenvalue weighted by molar-refractivity contribution is 5.92. The predicted molar refractivity (Wildman–Crippen MR) is 67.3 cm³/mol. The smallest absolute Gasteiger partial charge is 0.274 e. The molecule has 1 aromatic rings. The van der Waals surface area contributed by atoms with E-state index in [9.17, 15) is 4.79 Å². The van der Waals surface area contributed by atoms with Crippen molar-refractivity contribution in [1.82, 2.24) is 14.9 Å². The number of carbonyl (C=O) groups excluding carboxylic acids is 1. The maximum Gasteiger partial charge on any atom is 0.274 e. The zero-order chi connectivity index (χ0) is 13.0. The van der Waals surface area contributed by atoms with Gasteiger partial charge in [-0.1, -0.05) is 0 Å². The molecule has 0 aliphatic carbocycles. The molecule has 1 unspecified atom stereocenters. The summed E-state index contributed by atoms with van der Waals surface area (Å²) in [5.74, 6) is 0.909. The lowest BCUT2D eigenvalue weighted by atomic mass is 10.1. The highest BCUT2D eigenvalue weighted by Gasteiger charge is 2.27. The van der Waals surface area contributed by atoms with Crippen molar-refractivity contribution in [3.63, 3.8) is 0 Å². The zero-order valence-electron chi connectivity index (χ0n) is 10.5. The van der Waals surface area contributed by atoms with E-state index < -0.39 is 0 Å². The Morgan fingerprint density at radius 2 is 2.44 bits per heavy atom. The Morgan fingerprint density at radius 1 is 1.61 bits per heavy atom. The minimum atomic E-state index is -0.0833. The summed E-state index contributed by atoms with van der Waals surface area (Å²) in [6, 6.07) is 0. The lowest BCUT2D eigenvalue weighted by molar-refractivity contribution is 0.0778. The van der Waals surface area contributed by atoms with Gasteiger partial charge in [-0.25, -0.2) is 4.98 Å². The van der Waals surface area contributed by atoms with Crippen molar-refractivity contribution in [3.8, 4) is 0 Å². The summed E-state index contributed by atoms with van der Waals surface area (Å²) in [6.07, 6.45) is 4.77. The molecule has 1 aromatic heterocycles. The summed E-state index contributed by atoms with van der Waals surface area (Å²) in [7, 11) is 1.74. The molecule has 0 saturated carbocycles. The van der Waals surface area contributed by atoms with Crippen molar-refractivity contribution in [2.24, 2.45) is 5.92 Å². The first-order valence-electron chi connectivity index (χ1n) is 6.14. The zero-order valence-corrected chi connectivity index (χ0v) is 10.5. The van der Waals surface area contributed by atoms with Crippen LogP contribution in [-0.4, -0.2) is 52.6 Å². The van der Waals surface area contributed by atoms with Crippen LogP contribution in [-0.2, 0) is 0 Å². The Kier molecular flexibility index (Phi) is 4.09. The molecule has 1 aliphatic heterocycles. The van der Waals surface area contributed by atoms with Gasteiger partial charge < -0.3 is 15.3 Å². The summed E-state index contributed by atoms with van der Waals surface area (Å²) < 4.78 is 0. The third-order valence-corrected chi connectivity index (χ3v) is 3.22. The molecule has 2 heterocycles. The van der Waals surface area contributed by atoms with Gasteiger partial charge in [0.25, 0.3) is 5.91 Å². The van der Waals surface area contributed by atoms with Crippen LogP contribution < -0.4 is 5.32 Å². The molecule has 1 aliphatic rings. The van der Waals surface area contributed by atoms with Crippen LogP contribution in [0.1, 0.15) is 23.3 Å². The van der Waals surface area contributed by atoms with Gasteiger partial charge in [0.15, 0.2) is 0 Å². The quantitative estimate of drug-likeness (QED) is 0.807. The molecular weight excluding hydrogens is 232 g/mol. The minimum Gasteiger partial charge on any atom is -0.396 e. The first-order valence-corrected chi connectivity index (χ1v) is 6.14. The van der Waals surface area contributed by atoms with E-state index in [-0.39, 0.29) is 12.5 Å². The second-order valence-corrected chi connectivity index (χ2v) is 4.46. The molecule has 0 bridgehead atoms. The van der Waals surface area contributed by atoms with Gasteiger partial charge in [0, 0.05) is 26.7 Å². The largest absolute Gasteiger partial charge is 0.396 e. The van der Waals surface area contributed by atoms with Gasteiger partial charge in [0.1, 0.15) is 11.5 Å². The average molecular weight is 250 g/mol. The van der Waals surface area contributed by atoms with Gasteiger partial charge in [0.2, 0.25) is 0 Å². The predicted octanol–water partition coefficient (Wildman–Crippen LogP) is 0.363. The highest BCUT2D eigenvalue weighted by Crippen LogP contribution is 2.20. The number of nitrogens with one attached hydrogen (secondary N) is 1. The van der Waals surface area contributed by atoms with Crippen LogP contribution in [0.5, 0.6) is 0 Å². The van der Waals surface area contributed by atoms with Gasteiger partial charge in [-0.2, -0.15) is 0 Å². The number of anilines is 1. The number of hydrogen-bond donors (Lipinski definition) is 2. The van der Waals surface area contributed by atoms with E-state index in [1.165, 1.54) is 6.20 Å². The van der Waals surface area contributed by atoms with Crippen LogP contribution in [0.25, 0.3) is 0 Å². The van der Waals surface area contributed by atoms with Crippen molar-refractivity contribution in [2.45, 2.75) is 12.8 Å². The van der Waals surface area contributed by atoms with Crippen LogP contribution in [0.3, 0.4) is 0 Å². The monoisotopic (exact) mass is 250 g/mol. The molecule has 0 radical (unpaired) electrons. The summed E-state index contributed by atoms with van der Waals surface area (Å²) in [6.45, 7) is 1.61. The number of aliphatic hydroxyl groups excluding tert-OH is 1. The number of aliphatic hydroxyl groups is 1. The SMILES string of the molecule is CNc1cncc(C(=O)N2CCC(CCO)C2)n1. The van der Waals surface area contributed by atoms with Crippen molar-refractivity contribution < 1.29 is 9.90 Å². The van der Waals surface area contributed by atoms with Crippen LogP contribution in [0, 0.1) is 5.92 Å². The lowest BCUT2D eigenvalue weighted by Gasteiger charge is -2.15. The summed E-state index contributed by atoms with van der Waals surface area (Å²) >= 11 is 0. The number of hydrogen-bond acceptors (Lipinski definition) is 5. The number of nitrogens with zero attached hydrogens (tertiary/aromatic N) is 3. The van der Waals surface area contributed by atoms with Crippen molar-refractivity contribution in [3.05, 3.63) is 18.1 Å². The highest BCUT2D eigenvalue weighted by atomic mass is 16.3. The molecule has 98 valence electrons. The Morgan fingerprint density at radius 3 is 3.17 bits per heavy atom. The average Bonchev–Trinajstić information content (AvgIpc) is 2.87. The molecular formula is C12H18N4O2. The van der Waals surface area contributed by atoms with Gasteiger partial charge in [0.05, 0.1) is 12.4 Å². The molecule has 1 saturated heterocycles. The molecule has 6 heteroatoms. The number of rotatable bonds is 4. The Labute approximate surface area is 106 Å². The fraction of sp³-hybridized carbons (Fsp3) is 0.583. The number of likely N-dealkylation sites (tertiary alicyclic amines) is 1. The minimum absolute atomic E-state index is 0.0833.